The van der Waals surface area contributed by atoms with Crippen LogP contribution in [0.4, 0.5) is 0 Å². The van der Waals surface area contributed by atoms with E-state index in [0.29, 0.717) is 19.5 Å². The lowest BCUT2D eigenvalue weighted by Gasteiger charge is -2.28. The highest BCUT2D eigenvalue weighted by atomic mass is 16.4. The maximum Gasteiger partial charge on any atom is 0.317 e. The number of carboxylic acid groups (broad SMARTS) is 2. The van der Waals surface area contributed by atoms with Gasteiger partial charge in [-0.1, -0.05) is 12.2 Å². The summed E-state index contributed by atoms with van der Waals surface area (Å²) in [6.45, 7) is 6.71. The van der Waals surface area contributed by atoms with Gasteiger partial charge in [0.25, 0.3) is 0 Å². The fraction of sp³-hybridized carbons (Fsp3) is 0.636. The predicted octanol–water partition coefficient (Wildman–Crippen LogP) is 0.814. The molecule has 1 fully saturated rings. The Hall–Kier alpha value is -1.36. The van der Waals surface area contributed by atoms with E-state index < -0.39 is 17.4 Å². The van der Waals surface area contributed by atoms with Crippen LogP contribution in [0.3, 0.4) is 0 Å². The molecule has 0 aromatic heterocycles. The number of hydrogen-bond donors (Lipinski definition) is 2. The Labute approximate surface area is 94.4 Å². The van der Waals surface area contributed by atoms with Gasteiger partial charge in [0.1, 0.15) is 0 Å². The Kier molecular flexibility index (Phi) is 3.70. The summed E-state index contributed by atoms with van der Waals surface area (Å²) in [6, 6.07) is 0. The smallest absolute Gasteiger partial charge is 0.317 e. The van der Waals surface area contributed by atoms with Gasteiger partial charge in [0.2, 0.25) is 0 Å². The highest BCUT2D eigenvalue weighted by Crippen LogP contribution is 2.39. The van der Waals surface area contributed by atoms with Crippen LogP contribution in [-0.4, -0.2) is 46.7 Å². The molecule has 0 bridgehead atoms. The van der Waals surface area contributed by atoms with Crippen LogP contribution in [0.25, 0.3) is 0 Å². The third-order valence-corrected chi connectivity index (χ3v) is 3.19. The average molecular weight is 227 g/mol. The highest BCUT2D eigenvalue weighted by molar-refractivity contribution is 5.70. The number of carboxylic acids is 2. The first-order valence-electron chi connectivity index (χ1n) is 5.18. The second-order valence-corrected chi connectivity index (χ2v) is 4.49. The first-order chi connectivity index (χ1) is 7.35. The first kappa shape index (κ1) is 12.7. The molecular weight excluding hydrogens is 210 g/mol. The normalized spacial score (nSPS) is 25.6. The molecule has 0 aromatic carbocycles. The SMILES string of the molecule is C=C(C)C1(CC(=O)O)CCN(CC(=O)O)C1. The third kappa shape index (κ3) is 2.82. The molecule has 0 amide bonds. The zero-order valence-corrected chi connectivity index (χ0v) is 9.40. The standard InChI is InChI=1S/C11H17NO4/c1-8(2)11(5-9(13)14)3-4-12(7-11)6-10(15)16/h1,3-7H2,2H3,(H,13,14)(H,15,16). The minimum Gasteiger partial charge on any atom is -0.481 e. The largest absolute Gasteiger partial charge is 0.481 e. The van der Waals surface area contributed by atoms with Crippen molar-refractivity contribution in [2.75, 3.05) is 19.6 Å². The Morgan fingerprint density at radius 2 is 2.00 bits per heavy atom. The van der Waals surface area contributed by atoms with Crippen molar-refractivity contribution in [1.29, 1.82) is 0 Å². The Balaban J connectivity index is 2.72. The Bertz CT molecular complexity index is 326. The predicted molar refractivity (Wildman–Crippen MR) is 58.2 cm³/mol. The fourth-order valence-corrected chi connectivity index (χ4v) is 2.22. The quantitative estimate of drug-likeness (QED) is 0.680. The van der Waals surface area contributed by atoms with Gasteiger partial charge in [-0.2, -0.15) is 0 Å². The van der Waals surface area contributed by atoms with Crippen molar-refractivity contribution < 1.29 is 19.8 Å². The molecule has 1 aliphatic heterocycles. The molecule has 5 heteroatoms. The van der Waals surface area contributed by atoms with Crippen molar-refractivity contribution in [3.63, 3.8) is 0 Å². The molecule has 1 saturated heterocycles. The van der Waals surface area contributed by atoms with Crippen LogP contribution in [-0.2, 0) is 9.59 Å². The molecular formula is C11H17NO4. The molecule has 1 unspecified atom stereocenters. The van der Waals surface area contributed by atoms with Gasteiger partial charge in [0, 0.05) is 12.0 Å². The number of hydrogen-bond acceptors (Lipinski definition) is 3. The van der Waals surface area contributed by atoms with Crippen molar-refractivity contribution in [2.45, 2.75) is 19.8 Å². The Morgan fingerprint density at radius 3 is 2.44 bits per heavy atom. The summed E-state index contributed by atoms with van der Waals surface area (Å²) in [7, 11) is 0. The van der Waals surface area contributed by atoms with Gasteiger partial charge < -0.3 is 10.2 Å². The van der Waals surface area contributed by atoms with Gasteiger partial charge in [-0.25, -0.2) is 0 Å². The van der Waals surface area contributed by atoms with E-state index in [-0.39, 0.29) is 13.0 Å². The Morgan fingerprint density at radius 1 is 1.38 bits per heavy atom. The van der Waals surface area contributed by atoms with Crippen molar-refractivity contribution in [1.82, 2.24) is 4.90 Å². The van der Waals surface area contributed by atoms with Crippen molar-refractivity contribution in [3.8, 4) is 0 Å². The number of aliphatic carboxylic acids is 2. The van der Waals surface area contributed by atoms with Gasteiger partial charge >= 0.3 is 11.9 Å². The van der Waals surface area contributed by atoms with E-state index in [1.807, 2.05) is 6.92 Å². The van der Waals surface area contributed by atoms with Crippen LogP contribution < -0.4 is 0 Å². The zero-order chi connectivity index (χ0) is 12.3. The van der Waals surface area contributed by atoms with Crippen LogP contribution in [0.15, 0.2) is 12.2 Å². The summed E-state index contributed by atoms with van der Waals surface area (Å²) in [5.74, 6) is -1.74. The summed E-state index contributed by atoms with van der Waals surface area (Å²) in [4.78, 5) is 23.2. The van der Waals surface area contributed by atoms with Crippen LogP contribution in [0, 0.1) is 5.41 Å². The highest BCUT2D eigenvalue weighted by Gasteiger charge is 2.40. The van der Waals surface area contributed by atoms with Gasteiger partial charge in [-0.3, -0.25) is 14.5 Å². The lowest BCUT2D eigenvalue weighted by molar-refractivity contribution is -0.139. The average Bonchev–Trinajstić information content (AvgIpc) is 2.47. The van der Waals surface area contributed by atoms with Crippen LogP contribution in [0.2, 0.25) is 0 Å². The molecule has 0 aromatic rings. The minimum atomic E-state index is -0.882. The molecule has 1 heterocycles. The van der Waals surface area contributed by atoms with Crippen molar-refractivity contribution in [3.05, 3.63) is 12.2 Å². The maximum atomic E-state index is 10.8. The topological polar surface area (TPSA) is 77.8 Å². The molecule has 0 saturated carbocycles. The van der Waals surface area contributed by atoms with Crippen LogP contribution in [0.5, 0.6) is 0 Å². The monoisotopic (exact) mass is 227 g/mol. The third-order valence-electron chi connectivity index (χ3n) is 3.19. The van der Waals surface area contributed by atoms with E-state index in [1.165, 1.54) is 0 Å². The number of likely N-dealkylation sites (tertiary alicyclic amines) is 1. The minimum absolute atomic E-state index is 0.0262. The lowest BCUT2D eigenvalue weighted by Crippen LogP contribution is -2.33. The molecule has 5 nitrogen and oxygen atoms in total. The van der Waals surface area contributed by atoms with E-state index >= 15 is 0 Å². The van der Waals surface area contributed by atoms with Gasteiger partial charge in [0.05, 0.1) is 13.0 Å². The van der Waals surface area contributed by atoms with E-state index in [2.05, 4.69) is 6.58 Å². The number of rotatable bonds is 5. The van der Waals surface area contributed by atoms with Crippen LogP contribution >= 0.6 is 0 Å². The molecule has 1 atom stereocenters. The second-order valence-electron chi connectivity index (χ2n) is 4.49. The second kappa shape index (κ2) is 4.65. The van der Waals surface area contributed by atoms with Gasteiger partial charge in [0.15, 0.2) is 0 Å². The molecule has 2 N–H and O–H groups in total. The van der Waals surface area contributed by atoms with E-state index in [0.717, 1.165) is 5.57 Å². The summed E-state index contributed by atoms with van der Waals surface area (Å²) in [5.41, 5.74) is 0.365. The van der Waals surface area contributed by atoms with Crippen molar-refractivity contribution >= 4 is 11.9 Å². The summed E-state index contributed by atoms with van der Waals surface area (Å²) >= 11 is 0. The molecule has 1 aliphatic rings. The molecule has 0 aliphatic carbocycles. The molecule has 0 spiro atoms. The molecule has 0 radical (unpaired) electrons. The number of carbonyl (C=O) groups is 2. The van der Waals surface area contributed by atoms with Crippen molar-refractivity contribution in [2.24, 2.45) is 5.41 Å². The fourth-order valence-electron chi connectivity index (χ4n) is 2.22. The molecule has 16 heavy (non-hydrogen) atoms. The van der Waals surface area contributed by atoms with Gasteiger partial charge in [-0.05, 0) is 19.9 Å². The summed E-state index contributed by atoms with van der Waals surface area (Å²) < 4.78 is 0. The molecule has 1 rings (SSSR count). The first-order valence-corrected chi connectivity index (χ1v) is 5.18. The summed E-state index contributed by atoms with van der Waals surface area (Å²) in [6.07, 6.45) is 0.695. The van der Waals surface area contributed by atoms with E-state index in [9.17, 15) is 9.59 Å². The maximum absolute atomic E-state index is 10.8. The lowest BCUT2D eigenvalue weighted by atomic mass is 9.78. The molecule has 90 valence electrons. The number of nitrogens with zero attached hydrogens (tertiary/aromatic N) is 1. The zero-order valence-electron chi connectivity index (χ0n) is 9.40. The van der Waals surface area contributed by atoms with Gasteiger partial charge in [-0.15, -0.1) is 0 Å². The van der Waals surface area contributed by atoms with Crippen LogP contribution in [0.1, 0.15) is 19.8 Å². The van der Waals surface area contributed by atoms with E-state index in [1.54, 1.807) is 4.90 Å². The summed E-state index contributed by atoms with van der Waals surface area (Å²) in [5, 5.41) is 17.6. The van der Waals surface area contributed by atoms with E-state index in [4.69, 9.17) is 10.2 Å².